The minimum Gasteiger partial charge on any atom is -0.441 e. The molecular weight excluding hydrogens is 391 g/mol. The van der Waals surface area contributed by atoms with Crippen molar-refractivity contribution in [3.8, 4) is 0 Å². The number of nitrogens with zero attached hydrogens (tertiary/aromatic N) is 1. The summed E-state index contributed by atoms with van der Waals surface area (Å²) in [6.07, 6.45) is -1.21. The number of hydrogen-bond acceptors (Lipinski definition) is 5. The van der Waals surface area contributed by atoms with Crippen LogP contribution < -0.4 is 5.32 Å². The van der Waals surface area contributed by atoms with Crippen molar-refractivity contribution >= 4 is 40.8 Å². The molecule has 1 amide bonds. The van der Waals surface area contributed by atoms with E-state index < -0.39 is 18.0 Å². The molecule has 0 saturated heterocycles. The Labute approximate surface area is 165 Å². The minimum atomic E-state index is -1.21. The number of anilines is 1. The molecule has 6 nitrogen and oxygen atoms in total. The van der Waals surface area contributed by atoms with Gasteiger partial charge in [-0.3, -0.25) is 4.79 Å². The first-order valence-corrected chi connectivity index (χ1v) is 8.64. The number of aryl methyl sites for hydroxylation is 1. The topological polar surface area (TPSA) is 81.4 Å². The molecule has 0 radical (unpaired) electrons. The number of benzene rings is 2. The first-order valence-electron chi connectivity index (χ1n) is 7.88. The molecule has 0 saturated carbocycles. The summed E-state index contributed by atoms with van der Waals surface area (Å²) in [5.74, 6) is -1.46. The van der Waals surface area contributed by atoms with Gasteiger partial charge in [-0.1, -0.05) is 58.7 Å². The lowest BCUT2D eigenvalue weighted by molar-refractivity contribution is -0.125. The zero-order valence-electron chi connectivity index (χ0n) is 14.1. The fourth-order valence-electron chi connectivity index (χ4n) is 2.36. The van der Waals surface area contributed by atoms with Crippen molar-refractivity contribution in [2.45, 2.75) is 13.0 Å². The normalized spacial score (nSPS) is 11.7. The summed E-state index contributed by atoms with van der Waals surface area (Å²) >= 11 is 11.9. The van der Waals surface area contributed by atoms with Crippen LogP contribution in [0.4, 0.5) is 5.69 Å². The Kier molecular flexibility index (Phi) is 5.78. The molecule has 0 aliphatic rings. The number of amides is 1. The Bertz CT molecular complexity index is 953. The zero-order chi connectivity index (χ0) is 19.4. The molecule has 0 aliphatic heterocycles. The molecule has 3 aromatic rings. The lowest BCUT2D eigenvalue weighted by Crippen LogP contribution is -2.25. The second-order valence-electron chi connectivity index (χ2n) is 5.68. The van der Waals surface area contributed by atoms with Crippen LogP contribution in [0.25, 0.3) is 0 Å². The monoisotopic (exact) mass is 404 g/mol. The molecule has 0 aliphatic carbocycles. The van der Waals surface area contributed by atoms with Crippen molar-refractivity contribution < 1.29 is 18.8 Å². The average Bonchev–Trinajstić information content (AvgIpc) is 3.06. The number of rotatable bonds is 5. The molecule has 1 heterocycles. The smallest absolute Gasteiger partial charge is 0.378 e. The standard InChI is InChI=1S/C19H14Cl2N2O4/c1-11-7-16(27-23-11)19(25)26-17(12-5-3-2-4-6-12)18(24)22-15-9-13(20)8-14(21)10-15/h2-10,17H,1H3,(H,22,24)/t17-/m1/s1. The second-order valence-corrected chi connectivity index (χ2v) is 6.55. The highest BCUT2D eigenvalue weighted by Gasteiger charge is 2.27. The van der Waals surface area contributed by atoms with E-state index in [2.05, 4.69) is 10.5 Å². The molecule has 1 N–H and O–H groups in total. The SMILES string of the molecule is Cc1cc(C(=O)O[C@@H](C(=O)Nc2cc(Cl)cc(Cl)c2)c2ccccc2)on1. The van der Waals surface area contributed by atoms with Crippen LogP contribution in [0, 0.1) is 6.92 Å². The van der Waals surface area contributed by atoms with Crippen molar-refractivity contribution in [2.75, 3.05) is 5.32 Å². The quantitative estimate of drug-likeness (QED) is 0.615. The zero-order valence-corrected chi connectivity index (χ0v) is 15.6. The van der Waals surface area contributed by atoms with Gasteiger partial charge in [-0.2, -0.15) is 0 Å². The fraction of sp³-hybridized carbons (Fsp3) is 0.105. The summed E-state index contributed by atoms with van der Waals surface area (Å²) in [6, 6.07) is 14.7. The molecular formula is C19H14Cl2N2O4. The molecule has 27 heavy (non-hydrogen) atoms. The van der Waals surface area contributed by atoms with Crippen LogP contribution >= 0.6 is 23.2 Å². The van der Waals surface area contributed by atoms with Crippen LogP contribution in [0.1, 0.15) is 27.9 Å². The van der Waals surface area contributed by atoms with Crippen molar-refractivity contribution in [3.63, 3.8) is 0 Å². The minimum absolute atomic E-state index is 0.0907. The molecule has 8 heteroatoms. The summed E-state index contributed by atoms with van der Waals surface area (Å²) in [7, 11) is 0. The molecule has 1 aromatic heterocycles. The van der Waals surface area contributed by atoms with E-state index in [1.807, 2.05) is 0 Å². The summed E-state index contributed by atoms with van der Waals surface area (Å²) in [6.45, 7) is 1.67. The fourth-order valence-corrected chi connectivity index (χ4v) is 2.89. The number of nitrogens with one attached hydrogen (secondary N) is 1. The van der Waals surface area contributed by atoms with Gasteiger partial charge < -0.3 is 14.6 Å². The van der Waals surface area contributed by atoms with Crippen LogP contribution in [-0.2, 0) is 9.53 Å². The molecule has 0 bridgehead atoms. The van der Waals surface area contributed by atoms with Crippen molar-refractivity contribution in [1.29, 1.82) is 0 Å². The Hall–Kier alpha value is -2.83. The van der Waals surface area contributed by atoms with Crippen LogP contribution in [0.15, 0.2) is 59.1 Å². The van der Waals surface area contributed by atoms with E-state index in [-0.39, 0.29) is 5.76 Å². The molecule has 138 valence electrons. The van der Waals surface area contributed by atoms with Gasteiger partial charge in [0.05, 0.1) is 5.69 Å². The third-order valence-electron chi connectivity index (χ3n) is 3.52. The van der Waals surface area contributed by atoms with Gasteiger partial charge in [0.1, 0.15) is 0 Å². The maximum atomic E-state index is 12.8. The predicted molar refractivity (Wildman–Crippen MR) is 101 cm³/mol. The van der Waals surface area contributed by atoms with Gasteiger partial charge in [0.25, 0.3) is 5.91 Å². The van der Waals surface area contributed by atoms with Crippen molar-refractivity contribution in [2.24, 2.45) is 0 Å². The summed E-state index contributed by atoms with van der Waals surface area (Å²) in [5.41, 5.74) is 1.40. The van der Waals surface area contributed by atoms with E-state index in [4.69, 9.17) is 32.5 Å². The summed E-state index contributed by atoms with van der Waals surface area (Å²) in [4.78, 5) is 25.1. The number of hydrogen-bond donors (Lipinski definition) is 1. The Morgan fingerprint density at radius 2 is 1.74 bits per heavy atom. The van der Waals surface area contributed by atoms with Gasteiger partial charge in [-0.25, -0.2) is 4.79 Å². The molecule has 0 spiro atoms. The van der Waals surface area contributed by atoms with E-state index in [9.17, 15) is 9.59 Å². The maximum Gasteiger partial charge on any atom is 0.378 e. The van der Waals surface area contributed by atoms with Crippen LogP contribution in [0.2, 0.25) is 10.0 Å². The molecule has 1 atom stereocenters. The average molecular weight is 405 g/mol. The Morgan fingerprint density at radius 3 is 2.33 bits per heavy atom. The number of aromatic nitrogens is 1. The van der Waals surface area contributed by atoms with Crippen molar-refractivity contribution in [3.05, 3.63) is 81.7 Å². The highest BCUT2D eigenvalue weighted by Crippen LogP contribution is 2.25. The maximum absolute atomic E-state index is 12.8. The number of carbonyl (C=O) groups excluding carboxylic acids is 2. The number of ether oxygens (including phenoxy) is 1. The highest BCUT2D eigenvalue weighted by atomic mass is 35.5. The Balaban J connectivity index is 1.85. The number of carbonyl (C=O) groups is 2. The van der Waals surface area contributed by atoms with E-state index in [0.717, 1.165) is 0 Å². The second kappa shape index (κ2) is 8.24. The third-order valence-corrected chi connectivity index (χ3v) is 3.96. The number of esters is 1. The van der Waals surface area contributed by atoms with E-state index >= 15 is 0 Å². The van der Waals surface area contributed by atoms with Gasteiger partial charge in [-0.15, -0.1) is 0 Å². The Morgan fingerprint density at radius 1 is 1.07 bits per heavy atom. The van der Waals surface area contributed by atoms with Crippen molar-refractivity contribution in [1.82, 2.24) is 5.16 Å². The number of halogens is 2. The van der Waals surface area contributed by atoms with Gasteiger partial charge in [0.15, 0.2) is 0 Å². The van der Waals surface area contributed by atoms with Gasteiger partial charge in [0, 0.05) is 27.4 Å². The third kappa shape index (κ3) is 4.87. The summed E-state index contributed by atoms with van der Waals surface area (Å²) in [5, 5.41) is 7.03. The predicted octanol–water partition coefficient (Wildman–Crippen LogP) is 4.83. The highest BCUT2D eigenvalue weighted by molar-refractivity contribution is 6.35. The van der Waals surface area contributed by atoms with E-state index in [1.165, 1.54) is 18.2 Å². The van der Waals surface area contributed by atoms with Crippen LogP contribution in [-0.4, -0.2) is 17.0 Å². The molecule has 2 aromatic carbocycles. The largest absolute Gasteiger partial charge is 0.441 e. The lowest BCUT2D eigenvalue weighted by atomic mass is 10.1. The van der Waals surface area contributed by atoms with Gasteiger partial charge >= 0.3 is 5.97 Å². The molecule has 3 rings (SSSR count). The van der Waals surface area contributed by atoms with Gasteiger partial charge in [-0.05, 0) is 25.1 Å². The molecule has 0 fully saturated rings. The van der Waals surface area contributed by atoms with E-state index in [0.29, 0.717) is 27.0 Å². The first-order chi connectivity index (χ1) is 12.9. The lowest BCUT2D eigenvalue weighted by Gasteiger charge is -2.17. The van der Waals surface area contributed by atoms with Crippen LogP contribution in [0.3, 0.4) is 0 Å². The van der Waals surface area contributed by atoms with E-state index in [1.54, 1.807) is 43.3 Å². The summed E-state index contributed by atoms with van der Waals surface area (Å²) < 4.78 is 10.3. The van der Waals surface area contributed by atoms with Gasteiger partial charge in [0.2, 0.25) is 11.9 Å². The first kappa shape index (κ1) is 18.9. The molecule has 0 unspecified atom stereocenters. The van der Waals surface area contributed by atoms with Crippen LogP contribution in [0.5, 0.6) is 0 Å².